The Labute approximate surface area is 177 Å². The summed E-state index contributed by atoms with van der Waals surface area (Å²) < 4.78 is 0.904. The number of likely N-dealkylation sites (tertiary alicyclic amines) is 1. The molecule has 4 nitrogen and oxygen atoms in total. The topological polar surface area (TPSA) is 57.6 Å². The lowest BCUT2D eigenvalue weighted by molar-refractivity contribution is -0.139. The number of ketones is 1. The van der Waals surface area contributed by atoms with Crippen LogP contribution in [0.2, 0.25) is 5.02 Å². The minimum absolute atomic E-state index is 0.116. The first-order chi connectivity index (χ1) is 13.3. The van der Waals surface area contributed by atoms with Crippen LogP contribution < -0.4 is 0 Å². The van der Waals surface area contributed by atoms with Gasteiger partial charge in [-0.2, -0.15) is 0 Å². The van der Waals surface area contributed by atoms with Gasteiger partial charge >= 0.3 is 0 Å². The lowest BCUT2D eigenvalue weighted by Crippen LogP contribution is -2.30. The van der Waals surface area contributed by atoms with Crippen molar-refractivity contribution in [1.82, 2.24) is 4.90 Å². The van der Waals surface area contributed by atoms with E-state index in [-0.39, 0.29) is 11.3 Å². The molecule has 1 atom stereocenters. The van der Waals surface area contributed by atoms with Gasteiger partial charge in [0.1, 0.15) is 5.76 Å². The fraction of sp³-hybridized carbons (Fsp3) is 0.273. The maximum Gasteiger partial charge on any atom is 0.295 e. The smallest absolute Gasteiger partial charge is 0.295 e. The summed E-state index contributed by atoms with van der Waals surface area (Å²) >= 11 is 9.45. The van der Waals surface area contributed by atoms with Crippen LogP contribution in [0.15, 0.2) is 52.5 Å². The van der Waals surface area contributed by atoms with Crippen LogP contribution in [0.5, 0.6) is 0 Å². The largest absolute Gasteiger partial charge is 0.507 e. The molecule has 2 aromatic carbocycles. The number of rotatable bonds is 5. The average Bonchev–Trinajstić information content (AvgIpc) is 2.93. The van der Waals surface area contributed by atoms with Gasteiger partial charge in [-0.25, -0.2) is 0 Å². The second kappa shape index (κ2) is 8.50. The maximum atomic E-state index is 12.9. The molecule has 6 heteroatoms. The Balaban J connectivity index is 2.17. The molecule has 1 aliphatic heterocycles. The van der Waals surface area contributed by atoms with Crippen LogP contribution in [0, 0.1) is 6.92 Å². The Kier molecular flexibility index (Phi) is 6.26. The van der Waals surface area contributed by atoms with Crippen molar-refractivity contribution < 1.29 is 14.7 Å². The fourth-order valence-electron chi connectivity index (χ4n) is 3.38. The number of aliphatic hydroxyl groups excluding tert-OH is 1. The number of benzene rings is 2. The van der Waals surface area contributed by atoms with Gasteiger partial charge in [0.05, 0.1) is 11.6 Å². The maximum absolute atomic E-state index is 12.9. The monoisotopic (exact) mass is 461 g/mol. The summed E-state index contributed by atoms with van der Waals surface area (Å²) in [7, 11) is 0. The first-order valence-electron chi connectivity index (χ1n) is 9.15. The molecule has 0 saturated carbocycles. The molecule has 1 amide bonds. The predicted molar refractivity (Wildman–Crippen MR) is 114 cm³/mol. The number of aryl methyl sites for hydroxylation is 1. The number of carbonyl (C=O) groups excluding carboxylic acids is 2. The van der Waals surface area contributed by atoms with Crippen LogP contribution in [0.25, 0.3) is 5.76 Å². The molecule has 1 unspecified atom stereocenters. The third kappa shape index (κ3) is 3.87. The molecule has 0 bridgehead atoms. The van der Waals surface area contributed by atoms with Crippen molar-refractivity contribution >= 4 is 45.0 Å². The molecule has 1 aliphatic rings. The lowest BCUT2D eigenvalue weighted by atomic mass is 9.95. The molecule has 0 aromatic heterocycles. The van der Waals surface area contributed by atoms with E-state index in [4.69, 9.17) is 11.6 Å². The number of unbranched alkanes of at least 4 members (excludes halogenated alkanes) is 1. The minimum atomic E-state index is -0.658. The predicted octanol–water partition coefficient (Wildman–Crippen LogP) is 5.63. The van der Waals surface area contributed by atoms with Crippen LogP contribution in [0.1, 0.15) is 42.5 Å². The average molecular weight is 463 g/mol. The summed E-state index contributed by atoms with van der Waals surface area (Å²) in [5.41, 5.74) is 2.29. The van der Waals surface area contributed by atoms with Crippen LogP contribution >= 0.6 is 27.5 Å². The molecule has 2 aromatic rings. The zero-order chi connectivity index (χ0) is 20.4. The van der Waals surface area contributed by atoms with E-state index >= 15 is 0 Å². The number of halogens is 2. The SMILES string of the molecule is CCCCN1C(=O)C(=O)/C(=C(\O)c2ccc(Br)c(C)c2)C1c1ccc(Cl)cc1. The Hall–Kier alpha value is -2.11. The molecular formula is C22H21BrClNO3. The van der Waals surface area contributed by atoms with E-state index in [1.54, 1.807) is 41.3 Å². The van der Waals surface area contributed by atoms with E-state index in [0.29, 0.717) is 17.1 Å². The zero-order valence-corrected chi connectivity index (χ0v) is 18.0. The molecule has 1 saturated heterocycles. The second-order valence-corrected chi connectivity index (χ2v) is 8.15. The van der Waals surface area contributed by atoms with Gasteiger partial charge < -0.3 is 10.0 Å². The van der Waals surface area contributed by atoms with Crippen molar-refractivity contribution in [1.29, 1.82) is 0 Å². The second-order valence-electron chi connectivity index (χ2n) is 6.86. The number of carbonyl (C=O) groups is 2. The standard InChI is InChI=1S/C22H21BrClNO3/c1-3-4-11-25-19(14-5-8-16(24)9-6-14)18(21(27)22(25)28)20(26)15-7-10-17(23)13(2)12-15/h5-10,12,19,26H,3-4,11H2,1-2H3/b20-18-. The number of Topliss-reactive ketones (excluding diaryl/α,β-unsaturated/α-hetero) is 1. The molecule has 0 spiro atoms. The number of hydrogen-bond acceptors (Lipinski definition) is 3. The summed E-state index contributed by atoms with van der Waals surface area (Å²) in [6.45, 7) is 4.38. The van der Waals surface area contributed by atoms with Crippen molar-refractivity contribution in [3.8, 4) is 0 Å². The van der Waals surface area contributed by atoms with Crippen LogP contribution in [0.4, 0.5) is 0 Å². The highest BCUT2D eigenvalue weighted by atomic mass is 79.9. The molecule has 0 radical (unpaired) electrons. The molecule has 28 heavy (non-hydrogen) atoms. The Morgan fingerprint density at radius 3 is 2.46 bits per heavy atom. The summed E-state index contributed by atoms with van der Waals surface area (Å²) in [6.07, 6.45) is 1.66. The first kappa shape index (κ1) is 20.6. The van der Waals surface area contributed by atoms with E-state index in [0.717, 1.165) is 28.4 Å². The molecule has 146 valence electrons. The molecule has 0 aliphatic carbocycles. The van der Waals surface area contributed by atoms with Gasteiger partial charge in [-0.1, -0.05) is 59.1 Å². The van der Waals surface area contributed by atoms with Gasteiger partial charge in [0.2, 0.25) is 0 Å². The van der Waals surface area contributed by atoms with Crippen molar-refractivity contribution in [3.05, 3.63) is 74.2 Å². The molecular weight excluding hydrogens is 442 g/mol. The molecule has 1 fully saturated rings. The summed E-state index contributed by atoms with van der Waals surface area (Å²) in [5.74, 6) is -1.40. The summed E-state index contributed by atoms with van der Waals surface area (Å²) in [6, 6.07) is 11.7. The quantitative estimate of drug-likeness (QED) is 0.356. The van der Waals surface area contributed by atoms with Crippen LogP contribution in [-0.4, -0.2) is 28.2 Å². The van der Waals surface area contributed by atoms with Crippen LogP contribution in [0.3, 0.4) is 0 Å². The molecule has 1 heterocycles. The first-order valence-corrected chi connectivity index (χ1v) is 10.3. The van der Waals surface area contributed by atoms with Gasteiger partial charge in [-0.05, 0) is 48.7 Å². The molecule has 1 N–H and O–H groups in total. The van der Waals surface area contributed by atoms with E-state index in [9.17, 15) is 14.7 Å². The highest BCUT2D eigenvalue weighted by Crippen LogP contribution is 2.40. The highest BCUT2D eigenvalue weighted by Gasteiger charge is 2.45. The summed E-state index contributed by atoms with van der Waals surface area (Å²) in [5, 5.41) is 11.6. The van der Waals surface area contributed by atoms with Crippen LogP contribution in [-0.2, 0) is 9.59 Å². The number of hydrogen-bond donors (Lipinski definition) is 1. The third-order valence-electron chi connectivity index (χ3n) is 4.91. The van der Waals surface area contributed by atoms with Gasteiger partial charge in [-0.3, -0.25) is 9.59 Å². The minimum Gasteiger partial charge on any atom is -0.507 e. The van der Waals surface area contributed by atoms with Crippen molar-refractivity contribution in [2.75, 3.05) is 6.54 Å². The van der Waals surface area contributed by atoms with Crippen molar-refractivity contribution in [2.24, 2.45) is 0 Å². The number of amides is 1. The Morgan fingerprint density at radius 2 is 1.86 bits per heavy atom. The normalized spacial score (nSPS) is 18.7. The van der Waals surface area contributed by atoms with Gasteiger partial charge in [0.25, 0.3) is 11.7 Å². The van der Waals surface area contributed by atoms with Gasteiger partial charge in [-0.15, -0.1) is 0 Å². The summed E-state index contributed by atoms with van der Waals surface area (Å²) in [4.78, 5) is 27.1. The van der Waals surface area contributed by atoms with Gasteiger partial charge in [0.15, 0.2) is 0 Å². The van der Waals surface area contributed by atoms with Crippen molar-refractivity contribution in [3.63, 3.8) is 0 Å². The van der Waals surface area contributed by atoms with E-state index in [1.807, 2.05) is 19.9 Å². The fourth-order valence-corrected chi connectivity index (χ4v) is 3.75. The Bertz CT molecular complexity index is 953. The Morgan fingerprint density at radius 1 is 1.18 bits per heavy atom. The van der Waals surface area contributed by atoms with Gasteiger partial charge in [0, 0.05) is 21.6 Å². The third-order valence-corrected chi connectivity index (χ3v) is 6.05. The molecule has 3 rings (SSSR count). The number of nitrogens with zero attached hydrogens (tertiary/aromatic N) is 1. The van der Waals surface area contributed by atoms with Crippen molar-refractivity contribution in [2.45, 2.75) is 32.7 Å². The van der Waals surface area contributed by atoms with E-state index in [2.05, 4.69) is 15.9 Å². The number of aliphatic hydroxyl groups is 1. The van der Waals surface area contributed by atoms with E-state index in [1.165, 1.54) is 0 Å². The lowest BCUT2D eigenvalue weighted by Gasteiger charge is -2.25. The van der Waals surface area contributed by atoms with E-state index < -0.39 is 17.7 Å². The zero-order valence-electron chi connectivity index (χ0n) is 15.7. The highest BCUT2D eigenvalue weighted by molar-refractivity contribution is 9.10.